The first-order chi connectivity index (χ1) is 21.3. The number of aryl methyl sites for hydroxylation is 1. The number of carbonyl (C=O) groups is 2. The summed E-state index contributed by atoms with van der Waals surface area (Å²) in [6.45, 7) is 3.25. The minimum Gasteiger partial charge on any atom is -0.496 e. The Morgan fingerprint density at radius 1 is 1.09 bits per heavy atom. The SMILES string of the molecule is CCCCn1ncc(/C=C(\Cc2cc3c(cc2OC)CCO3)C(=O)O)c1-c1ccc(Cl)cc1OCc1ccccc1C(=O)O. The molecule has 0 bridgehead atoms. The van der Waals surface area contributed by atoms with Crippen molar-refractivity contribution in [3.8, 4) is 28.5 Å². The van der Waals surface area contributed by atoms with Gasteiger partial charge < -0.3 is 24.4 Å². The second kappa shape index (κ2) is 13.7. The number of aromatic carboxylic acids is 1. The van der Waals surface area contributed by atoms with Crippen molar-refractivity contribution >= 4 is 29.6 Å². The summed E-state index contributed by atoms with van der Waals surface area (Å²) in [6, 6.07) is 15.6. The van der Waals surface area contributed by atoms with Gasteiger partial charge in [-0.3, -0.25) is 4.68 Å². The number of nitrogens with zero attached hydrogens (tertiary/aromatic N) is 2. The van der Waals surface area contributed by atoms with E-state index in [1.807, 2.05) is 16.8 Å². The molecule has 0 atom stereocenters. The monoisotopic (exact) mass is 616 g/mol. The number of fused-ring (bicyclic) bond motifs is 1. The summed E-state index contributed by atoms with van der Waals surface area (Å²) in [4.78, 5) is 24.3. The van der Waals surface area contributed by atoms with E-state index < -0.39 is 11.9 Å². The molecule has 4 aromatic rings. The van der Waals surface area contributed by atoms with Gasteiger partial charge in [0.05, 0.1) is 31.2 Å². The summed E-state index contributed by atoms with van der Waals surface area (Å²) in [5.74, 6) is -0.354. The van der Waals surface area contributed by atoms with Gasteiger partial charge in [0.15, 0.2) is 0 Å². The Morgan fingerprint density at radius 2 is 1.91 bits per heavy atom. The van der Waals surface area contributed by atoms with Gasteiger partial charge in [-0.15, -0.1) is 0 Å². The number of halogens is 1. The molecule has 2 heterocycles. The number of methoxy groups -OCH3 is 1. The van der Waals surface area contributed by atoms with Crippen molar-refractivity contribution in [2.45, 2.75) is 45.8 Å². The minimum absolute atomic E-state index is 0.00927. The molecular weight excluding hydrogens is 584 g/mol. The molecule has 5 rings (SSSR count). The van der Waals surface area contributed by atoms with Crippen molar-refractivity contribution in [1.29, 1.82) is 0 Å². The van der Waals surface area contributed by atoms with Crippen molar-refractivity contribution in [1.82, 2.24) is 9.78 Å². The van der Waals surface area contributed by atoms with Gasteiger partial charge in [-0.25, -0.2) is 9.59 Å². The van der Waals surface area contributed by atoms with Crippen LogP contribution in [-0.2, 0) is 30.8 Å². The first kappa shape index (κ1) is 30.7. The Hall–Kier alpha value is -4.76. The van der Waals surface area contributed by atoms with E-state index >= 15 is 0 Å². The van der Waals surface area contributed by atoms with E-state index in [0.717, 1.165) is 30.6 Å². The molecule has 0 aliphatic carbocycles. The molecule has 0 radical (unpaired) electrons. The second-order valence-electron chi connectivity index (χ2n) is 10.4. The van der Waals surface area contributed by atoms with E-state index in [2.05, 4.69) is 12.0 Å². The number of carboxylic acid groups (broad SMARTS) is 2. The number of ether oxygens (including phenoxy) is 3. The van der Waals surface area contributed by atoms with Crippen LogP contribution in [0.3, 0.4) is 0 Å². The predicted octanol–water partition coefficient (Wildman–Crippen LogP) is 6.94. The van der Waals surface area contributed by atoms with Gasteiger partial charge in [-0.2, -0.15) is 5.10 Å². The molecule has 0 unspecified atom stereocenters. The van der Waals surface area contributed by atoms with Crippen LogP contribution in [0.1, 0.15) is 52.4 Å². The molecule has 44 heavy (non-hydrogen) atoms. The van der Waals surface area contributed by atoms with Gasteiger partial charge in [-0.05, 0) is 48.9 Å². The first-order valence-electron chi connectivity index (χ1n) is 14.3. The maximum Gasteiger partial charge on any atom is 0.336 e. The number of unbranched alkanes of at least 4 members (excludes halogenated alkanes) is 1. The highest BCUT2D eigenvalue weighted by Crippen LogP contribution is 2.38. The van der Waals surface area contributed by atoms with Crippen LogP contribution < -0.4 is 14.2 Å². The molecule has 228 valence electrons. The highest BCUT2D eigenvalue weighted by molar-refractivity contribution is 6.30. The fraction of sp³-hybridized carbons (Fsp3) is 0.265. The number of benzene rings is 3. The first-order valence-corrected chi connectivity index (χ1v) is 14.7. The zero-order chi connectivity index (χ0) is 31.2. The van der Waals surface area contributed by atoms with Crippen LogP contribution in [-0.4, -0.2) is 45.6 Å². The van der Waals surface area contributed by atoms with Crippen LogP contribution in [0.5, 0.6) is 17.2 Å². The van der Waals surface area contributed by atoms with Crippen molar-refractivity contribution < 1.29 is 34.0 Å². The molecule has 3 aromatic carbocycles. The topological polar surface area (TPSA) is 120 Å². The number of carboxylic acids is 2. The third kappa shape index (κ3) is 6.73. The second-order valence-corrected chi connectivity index (χ2v) is 10.9. The minimum atomic E-state index is -1.07. The lowest BCUT2D eigenvalue weighted by molar-refractivity contribution is -0.132. The third-order valence-corrected chi connectivity index (χ3v) is 7.73. The summed E-state index contributed by atoms with van der Waals surface area (Å²) in [5, 5.41) is 25.0. The van der Waals surface area contributed by atoms with Crippen molar-refractivity contribution in [2.24, 2.45) is 0 Å². The van der Waals surface area contributed by atoms with Crippen LogP contribution in [0.25, 0.3) is 17.3 Å². The Morgan fingerprint density at radius 3 is 2.66 bits per heavy atom. The lowest BCUT2D eigenvalue weighted by Crippen LogP contribution is -2.08. The summed E-state index contributed by atoms with van der Waals surface area (Å²) in [5.41, 5.74) is 4.44. The van der Waals surface area contributed by atoms with Crippen LogP contribution in [0.4, 0.5) is 0 Å². The largest absolute Gasteiger partial charge is 0.496 e. The maximum absolute atomic E-state index is 12.6. The van der Waals surface area contributed by atoms with Crippen LogP contribution in [0.15, 0.2) is 66.4 Å². The molecule has 0 amide bonds. The lowest BCUT2D eigenvalue weighted by atomic mass is 9.98. The molecule has 1 aromatic heterocycles. The standard InChI is InChI=1S/C34H33ClN2O7/c1-3-4-12-37-32(28-10-9-26(35)18-31(28)44-20-22-7-5-6-8-27(22)34(40)41)25(19-36-37)15-24(33(38)39)14-23-17-30-21(11-13-43-30)16-29(23)42-2/h5-10,15-19H,3-4,11-14,20H2,1-2H3,(H,38,39)(H,40,41)/b24-15+. The Labute approximate surface area is 260 Å². The number of aliphatic carboxylic acids is 1. The fourth-order valence-corrected chi connectivity index (χ4v) is 5.42. The maximum atomic E-state index is 12.6. The highest BCUT2D eigenvalue weighted by Gasteiger charge is 2.22. The zero-order valence-electron chi connectivity index (χ0n) is 24.5. The molecule has 2 N–H and O–H groups in total. The molecule has 0 spiro atoms. The average molecular weight is 617 g/mol. The average Bonchev–Trinajstić information content (AvgIpc) is 3.64. The molecule has 1 aliphatic rings. The van der Waals surface area contributed by atoms with Crippen LogP contribution >= 0.6 is 11.6 Å². The lowest BCUT2D eigenvalue weighted by Gasteiger charge is -2.16. The number of aromatic nitrogens is 2. The Balaban J connectivity index is 1.56. The van der Waals surface area contributed by atoms with Gasteiger partial charge in [0.2, 0.25) is 0 Å². The fourth-order valence-electron chi connectivity index (χ4n) is 5.25. The normalized spacial score (nSPS) is 12.5. The summed E-state index contributed by atoms with van der Waals surface area (Å²) >= 11 is 6.38. The quantitative estimate of drug-likeness (QED) is 0.155. The molecule has 0 saturated carbocycles. The molecule has 0 saturated heterocycles. The van der Waals surface area contributed by atoms with E-state index in [-0.39, 0.29) is 24.2 Å². The molecule has 0 fully saturated rings. The van der Waals surface area contributed by atoms with Gasteiger partial charge in [-0.1, -0.05) is 43.1 Å². The van der Waals surface area contributed by atoms with Gasteiger partial charge in [0, 0.05) is 57.8 Å². The smallest absolute Gasteiger partial charge is 0.336 e. The highest BCUT2D eigenvalue weighted by atomic mass is 35.5. The Kier molecular flexibility index (Phi) is 9.55. The number of hydrogen-bond acceptors (Lipinski definition) is 6. The van der Waals surface area contributed by atoms with Crippen LogP contribution in [0.2, 0.25) is 5.02 Å². The molecular formula is C34H33ClN2O7. The van der Waals surface area contributed by atoms with Crippen molar-refractivity contribution in [2.75, 3.05) is 13.7 Å². The van der Waals surface area contributed by atoms with Crippen molar-refractivity contribution in [3.63, 3.8) is 0 Å². The van der Waals surface area contributed by atoms with Crippen LogP contribution in [0, 0.1) is 0 Å². The summed E-state index contributed by atoms with van der Waals surface area (Å²) in [6.07, 6.45) is 5.94. The Bertz CT molecular complexity index is 1730. The van der Waals surface area contributed by atoms with E-state index in [9.17, 15) is 19.8 Å². The zero-order valence-corrected chi connectivity index (χ0v) is 25.3. The molecule has 10 heteroatoms. The predicted molar refractivity (Wildman–Crippen MR) is 167 cm³/mol. The van der Waals surface area contributed by atoms with E-state index in [1.165, 1.54) is 6.07 Å². The molecule has 1 aliphatic heterocycles. The van der Waals surface area contributed by atoms with E-state index in [0.29, 0.717) is 57.6 Å². The number of hydrogen-bond donors (Lipinski definition) is 2. The number of rotatable bonds is 13. The van der Waals surface area contributed by atoms with Gasteiger partial charge >= 0.3 is 11.9 Å². The van der Waals surface area contributed by atoms with Gasteiger partial charge in [0.1, 0.15) is 23.9 Å². The van der Waals surface area contributed by atoms with Crippen molar-refractivity contribution in [3.05, 3.63) is 99.2 Å². The molecule has 9 nitrogen and oxygen atoms in total. The summed E-state index contributed by atoms with van der Waals surface area (Å²) < 4.78 is 19.4. The summed E-state index contributed by atoms with van der Waals surface area (Å²) in [7, 11) is 1.57. The van der Waals surface area contributed by atoms with E-state index in [1.54, 1.807) is 55.8 Å². The van der Waals surface area contributed by atoms with Gasteiger partial charge in [0.25, 0.3) is 0 Å². The third-order valence-electron chi connectivity index (χ3n) is 7.50. The van der Waals surface area contributed by atoms with E-state index in [4.69, 9.17) is 25.8 Å².